The minimum atomic E-state index is -0.155. The maximum Gasteiger partial charge on any atom is 0.310 e. The molecule has 1 heterocycles. The van der Waals surface area contributed by atoms with Crippen LogP contribution in [0.2, 0.25) is 0 Å². The van der Waals surface area contributed by atoms with Gasteiger partial charge in [-0.15, -0.1) is 11.3 Å². The van der Waals surface area contributed by atoms with Gasteiger partial charge in [0.15, 0.2) is 0 Å². The van der Waals surface area contributed by atoms with Crippen LogP contribution in [-0.4, -0.2) is 19.6 Å². The molecule has 0 fully saturated rings. The van der Waals surface area contributed by atoms with Gasteiger partial charge in [0, 0.05) is 6.54 Å². The summed E-state index contributed by atoms with van der Waals surface area (Å²) in [4.78, 5) is 11.5. The van der Waals surface area contributed by atoms with Gasteiger partial charge in [-0.25, -0.2) is 0 Å². The van der Waals surface area contributed by atoms with Crippen LogP contribution in [0, 0.1) is 11.8 Å². The average molecular weight is 306 g/mol. The van der Waals surface area contributed by atoms with Gasteiger partial charge in [0.1, 0.15) is 0 Å². The third-order valence-corrected chi connectivity index (χ3v) is 3.96. The Morgan fingerprint density at radius 2 is 2.25 bits per heavy atom. The number of thiophene rings is 1. The van der Waals surface area contributed by atoms with Gasteiger partial charge in [-0.3, -0.25) is 4.79 Å². The molecule has 1 N–H and O–H groups in total. The number of carbonyl (C=O) groups excluding carboxylic acids is 1. The van der Waals surface area contributed by atoms with E-state index in [0.29, 0.717) is 6.54 Å². The molecule has 0 radical (unpaired) electrons. The molecule has 1 rings (SSSR count). The van der Waals surface area contributed by atoms with E-state index in [1.54, 1.807) is 11.3 Å². The first-order valence-electron chi connectivity index (χ1n) is 5.11. The van der Waals surface area contributed by atoms with E-state index in [2.05, 4.69) is 21.2 Å². The smallest absolute Gasteiger partial charge is 0.310 e. The molecule has 0 bridgehead atoms. The lowest BCUT2D eigenvalue weighted by Gasteiger charge is -2.18. The molecule has 0 spiro atoms. The lowest BCUT2D eigenvalue weighted by atomic mass is 9.96. The normalized spacial score (nSPS) is 12.6. The molecule has 1 unspecified atom stereocenters. The molecule has 3 nitrogen and oxygen atoms in total. The summed E-state index contributed by atoms with van der Waals surface area (Å²) >= 11 is 5.01. The van der Waals surface area contributed by atoms with Crippen molar-refractivity contribution in [3.05, 3.63) is 15.9 Å². The van der Waals surface area contributed by atoms with Gasteiger partial charge in [-0.05, 0) is 34.0 Å². The van der Waals surface area contributed by atoms with Crippen LogP contribution in [0.3, 0.4) is 0 Å². The minimum Gasteiger partial charge on any atom is -0.469 e. The van der Waals surface area contributed by atoms with E-state index in [0.717, 1.165) is 8.79 Å². The molecular formula is C11H16BrNO2S. The molecule has 5 heteroatoms. The Morgan fingerprint density at radius 1 is 1.56 bits per heavy atom. The van der Waals surface area contributed by atoms with E-state index in [-0.39, 0.29) is 17.8 Å². The number of hydrogen-bond acceptors (Lipinski definition) is 4. The topological polar surface area (TPSA) is 38.3 Å². The molecule has 0 aliphatic rings. The Hall–Kier alpha value is -0.550. The first-order valence-corrected chi connectivity index (χ1v) is 6.72. The molecule has 0 aromatic carbocycles. The minimum absolute atomic E-state index is 0.106. The predicted octanol–water partition coefficient (Wildman–Crippen LogP) is 3.37. The molecule has 1 aromatic heterocycles. The van der Waals surface area contributed by atoms with Crippen molar-refractivity contribution in [3.63, 3.8) is 0 Å². The van der Waals surface area contributed by atoms with E-state index >= 15 is 0 Å². The number of nitrogens with one attached hydrogen (secondary N) is 1. The largest absolute Gasteiger partial charge is 0.469 e. The Kier molecular flexibility index (Phi) is 5.28. The summed E-state index contributed by atoms with van der Waals surface area (Å²) < 4.78 is 5.86. The molecule has 0 saturated carbocycles. The van der Waals surface area contributed by atoms with Gasteiger partial charge in [-0.2, -0.15) is 0 Å². The van der Waals surface area contributed by atoms with Gasteiger partial charge in [-0.1, -0.05) is 13.8 Å². The Balaban J connectivity index is 2.53. The number of anilines is 1. The first-order chi connectivity index (χ1) is 7.54. The molecule has 0 aliphatic carbocycles. The van der Waals surface area contributed by atoms with Gasteiger partial charge >= 0.3 is 5.97 Å². The van der Waals surface area contributed by atoms with E-state index in [1.165, 1.54) is 7.11 Å². The molecule has 0 aliphatic heterocycles. The van der Waals surface area contributed by atoms with E-state index in [1.807, 2.05) is 26.0 Å². The fraction of sp³-hybridized carbons (Fsp3) is 0.545. The number of ether oxygens (including phenoxy) is 1. The molecule has 1 atom stereocenters. The number of carbonyl (C=O) groups is 1. The molecular weight excluding hydrogens is 290 g/mol. The fourth-order valence-electron chi connectivity index (χ4n) is 1.36. The monoisotopic (exact) mass is 305 g/mol. The van der Waals surface area contributed by atoms with Crippen molar-refractivity contribution in [2.75, 3.05) is 19.0 Å². The molecule has 16 heavy (non-hydrogen) atoms. The maximum absolute atomic E-state index is 11.5. The predicted molar refractivity (Wildman–Crippen MR) is 70.9 cm³/mol. The molecule has 0 amide bonds. The van der Waals surface area contributed by atoms with Gasteiger partial charge in [0.25, 0.3) is 0 Å². The summed E-state index contributed by atoms with van der Waals surface area (Å²) in [7, 11) is 1.43. The second-order valence-electron chi connectivity index (χ2n) is 3.86. The first kappa shape index (κ1) is 13.5. The highest BCUT2D eigenvalue weighted by atomic mass is 79.9. The van der Waals surface area contributed by atoms with E-state index in [4.69, 9.17) is 4.74 Å². The average Bonchev–Trinajstić information content (AvgIpc) is 2.63. The highest BCUT2D eigenvalue weighted by Gasteiger charge is 2.22. The summed E-state index contributed by atoms with van der Waals surface area (Å²) in [5.74, 6) is 0.00681. The van der Waals surface area contributed by atoms with Crippen molar-refractivity contribution in [2.24, 2.45) is 11.8 Å². The lowest BCUT2D eigenvalue weighted by Crippen LogP contribution is -2.28. The standard InChI is InChI=1S/C11H16BrNO2S/c1-7(2)8(11(14)15-3)6-13-10-5-4-9(12)16-10/h4-5,7-8,13H,6H2,1-3H3. The number of hydrogen-bond donors (Lipinski definition) is 1. The SMILES string of the molecule is COC(=O)C(CNc1ccc(Br)s1)C(C)C. The van der Waals surface area contributed by atoms with Crippen molar-refractivity contribution >= 4 is 38.2 Å². The van der Waals surface area contributed by atoms with Crippen LogP contribution in [0.4, 0.5) is 5.00 Å². The third-order valence-electron chi connectivity index (χ3n) is 2.38. The van der Waals surface area contributed by atoms with Crippen molar-refractivity contribution in [3.8, 4) is 0 Å². The van der Waals surface area contributed by atoms with Crippen LogP contribution in [0.15, 0.2) is 15.9 Å². The second-order valence-corrected chi connectivity index (χ2v) is 6.32. The van der Waals surface area contributed by atoms with Crippen LogP contribution >= 0.6 is 27.3 Å². The quantitative estimate of drug-likeness (QED) is 0.848. The summed E-state index contributed by atoms with van der Waals surface area (Å²) in [6.45, 7) is 4.65. The molecule has 1 aromatic rings. The van der Waals surface area contributed by atoms with Crippen molar-refractivity contribution < 1.29 is 9.53 Å². The van der Waals surface area contributed by atoms with Gasteiger partial charge in [0.2, 0.25) is 0 Å². The highest BCUT2D eigenvalue weighted by molar-refractivity contribution is 9.11. The summed E-state index contributed by atoms with van der Waals surface area (Å²) in [6.07, 6.45) is 0. The number of esters is 1. The fourth-order valence-corrected chi connectivity index (χ4v) is 2.66. The number of methoxy groups -OCH3 is 1. The number of rotatable bonds is 5. The van der Waals surface area contributed by atoms with Gasteiger partial charge < -0.3 is 10.1 Å². The summed E-state index contributed by atoms with van der Waals surface area (Å²) in [5, 5.41) is 4.31. The lowest BCUT2D eigenvalue weighted by molar-refractivity contribution is -0.146. The van der Waals surface area contributed by atoms with Crippen LogP contribution in [0.5, 0.6) is 0 Å². The zero-order valence-electron chi connectivity index (χ0n) is 9.62. The molecule has 0 saturated heterocycles. The van der Waals surface area contributed by atoms with Crippen LogP contribution in [0.1, 0.15) is 13.8 Å². The van der Waals surface area contributed by atoms with Crippen LogP contribution < -0.4 is 5.32 Å². The van der Waals surface area contributed by atoms with Crippen molar-refractivity contribution in [1.82, 2.24) is 0 Å². The Morgan fingerprint density at radius 3 is 2.69 bits per heavy atom. The van der Waals surface area contributed by atoms with Crippen LogP contribution in [-0.2, 0) is 9.53 Å². The second kappa shape index (κ2) is 6.25. The zero-order valence-corrected chi connectivity index (χ0v) is 12.0. The Labute approximate surface area is 108 Å². The summed E-state index contributed by atoms with van der Waals surface area (Å²) in [6, 6.07) is 3.97. The van der Waals surface area contributed by atoms with E-state index in [9.17, 15) is 4.79 Å². The van der Waals surface area contributed by atoms with E-state index < -0.39 is 0 Å². The highest BCUT2D eigenvalue weighted by Crippen LogP contribution is 2.27. The van der Waals surface area contributed by atoms with Crippen LogP contribution in [0.25, 0.3) is 0 Å². The molecule has 90 valence electrons. The maximum atomic E-state index is 11.5. The summed E-state index contributed by atoms with van der Waals surface area (Å²) in [5.41, 5.74) is 0. The Bertz CT molecular complexity index is 352. The number of halogens is 1. The zero-order chi connectivity index (χ0) is 12.1. The third kappa shape index (κ3) is 3.79. The van der Waals surface area contributed by atoms with Crippen molar-refractivity contribution in [1.29, 1.82) is 0 Å². The van der Waals surface area contributed by atoms with Crippen molar-refractivity contribution in [2.45, 2.75) is 13.8 Å². The van der Waals surface area contributed by atoms with Gasteiger partial charge in [0.05, 0.1) is 21.8 Å².